The molecule has 0 bridgehead atoms. The number of nitrogens with one attached hydrogen (secondary N) is 1. The Hall–Kier alpha value is -2.18. The molecule has 1 rings (SSSR count). The minimum Gasteiger partial charge on any atom is -0.481 e. The maximum absolute atomic E-state index is 13.2. The molecule has 0 saturated heterocycles. The molecule has 0 fully saturated rings. The van der Waals surface area contributed by atoms with E-state index in [4.69, 9.17) is 10.2 Å². The summed E-state index contributed by atoms with van der Waals surface area (Å²) in [4.78, 5) is 21.1. The smallest absolute Gasteiger partial charge is 0.326 e. The first-order chi connectivity index (χ1) is 7.90. The zero-order chi connectivity index (χ0) is 13.0. The highest BCUT2D eigenvalue weighted by Gasteiger charge is 2.22. The van der Waals surface area contributed by atoms with Crippen molar-refractivity contribution in [2.75, 3.05) is 5.32 Å². The third kappa shape index (κ3) is 3.71. The third-order valence-corrected chi connectivity index (χ3v) is 1.93. The fourth-order valence-corrected chi connectivity index (χ4v) is 1.17. The maximum Gasteiger partial charge on any atom is 0.326 e. The quantitative estimate of drug-likeness (QED) is 0.728. The molecule has 0 aliphatic carbocycles. The number of benzene rings is 1. The van der Waals surface area contributed by atoms with Crippen LogP contribution in [0.5, 0.6) is 0 Å². The standard InChI is InChI=1S/C10H9F2NO4/c11-5-1-2-6(12)7(3-5)13-8(10(16)17)4-9(14)15/h1-3,8,13H,4H2,(H,14,15)(H,16,17). The second-order valence-corrected chi connectivity index (χ2v) is 3.26. The van der Waals surface area contributed by atoms with Crippen molar-refractivity contribution in [1.82, 2.24) is 0 Å². The molecule has 0 radical (unpaired) electrons. The molecular formula is C10H9F2NO4. The van der Waals surface area contributed by atoms with E-state index in [2.05, 4.69) is 5.32 Å². The van der Waals surface area contributed by atoms with Crippen molar-refractivity contribution in [3.05, 3.63) is 29.8 Å². The van der Waals surface area contributed by atoms with E-state index in [1.165, 1.54) is 0 Å². The van der Waals surface area contributed by atoms with Crippen molar-refractivity contribution >= 4 is 17.6 Å². The molecule has 7 heteroatoms. The number of aliphatic carboxylic acids is 2. The van der Waals surface area contributed by atoms with Crippen LogP contribution in [0.15, 0.2) is 18.2 Å². The van der Waals surface area contributed by atoms with Gasteiger partial charge in [0.15, 0.2) is 0 Å². The van der Waals surface area contributed by atoms with Gasteiger partial charge in [0, 0.05) is 0 Å². The van der Waals surface area contributed by atoms with E-state index in [1.807, 2.05) is 0 Å². The van der Waals surface area contributed by atoms with E-state index in [1.54, 1.807) is 0 Å². The van der Waals surface area contributed by atoms with Crippen LogP contribution in [-0.4, -0.2) is 28.2 Å². The Kier molecular flexibility index (Phi) is 3.97. The fourth-order valence-electron chi connectivity index (χ4n) is 1.17. The van der Waals surface area contributed by atoms with E-state index < -0.39 is 41.7 Å². The van der Waals surface area contributed by atoms with Crippen LogP contribution in [0.3, 0.4) is 0 Å². The zero-order valence-corrected chi connectivity index (χ0v) is 8.48. The minimum absolute atomic E-state index is 0.390. The van der Waals surface area contributed by atoms with Crippen LogP contribution in [0, 0.1) is 11.6 Å². The molecule has 1 atom stereocenters. The lowest BCUT2D eigenvalue weighted by atomic mass is 10.2. The van der Waals surface area contributed by atoms with Gasteiger partial charge in [-0.15, -0.1) is 0 Å². The van der Waals surface area contributed by atoms with Gasteiger partial charge in [0.2, 0.25) is 0 Å². The van der Waals surface area contributed by atoms with Gasteiger partial charge in [-0.1, -0.05) is 0 Å². The molecule has 0 aliphatic heterocycles. The molecule has 1 unspecified atom stereocenters. The van der Waals surface area contributed by atoms with E-state index >= 15 is 0 Å². The van der Waals surface area contributed by atoms with Crippen LogP contribution in [-0.2, 0) is 9.59 Å². The Morgan fingerprint density at radius 3 is 2.47 bits per heavy atom. The zero-order valence-electron chi connectivity index (χ0n) is 8.48. The Bertz CT molecular complexity index is 450. The summed E-state index contributed by atoms with van der Waals surface area (Å²) < 4.78 is 26.0. The van der Waals surface area contributed by atoms with Gasteiger partial charge in [0.25, 0.3) is 0 Å². The SMILES string of the molecule is O=C(O)CC(Nc1cc(F)ccc1F)C(=O)O. The van der Waals surface area contributed by atoms with Crippen molar-refractivity contribution in [2.24, 2.45) is 0 Å². The van der Waals surface area contributed by atoms with Crippen LogP contribution in [0.25, 0.3) is 0 Å². The lowest BCUT2D eigenvalue weighted by Gasteiger charge is -2.14. The van der Waals surface area contributed by atoms with E-state index in [-0.39, 0.29) is 0 Å². The third-order valence-electron chi connectivity index (χ3n) is 1.93. The van der Waals surface area contributed by atoms with E-state index in [9.17, 15) is 18.4 Å². The first-order valence-corrected chi connectivity index (χ1v) is 4.56. The molecule has 0 heterocycles. The second-order valence-electron chi connectivity index (χ2n) is 3.26. The summed E-state index contributed by atoms with van der Waals surface area (Å²) in [6.45, 7) is 0. The van der Waals surface area contributed by atoms with Crippen molar-refractivity contribution in [3.63, 3.8) is 0 Å². The van der Waals surface area contributed by atoms with Gasteiger partial charge in [-0.2, -0.15) is 0 Å². The lowest BCUT2D eigenvalue weighted by molar-refractivity contribution is -0.144. The van der Waals surface area contributed by atoms with Crippen molar-refractivity contribution in [1.29, 1.82) is 0 Å². The Balaban J connectivity index is 2.89. The summed E-state index contributed by atoms with van der Waals surface area (Å²) >= 11 is 0. The first kappa shape index (κ1) is 12.9. The largest absolute Gasteiger partial charge is 0.481 e. The average Bonchev–Trinajstić information content (AvgIpc) is 2.21. The highest BCUT2D eigenvalue weighted by atomic mass is 19.1. The predicted octanol–water partition coefficient (Wildman–Crippen LogP) is 1.30. The van der Waals surface area contributed by atoms with Crippen LogP contribution in [0.4, 0.5) is 14.5 Å². The number of hydrogen-bond donors (Lipinski definition) is 3. The number of hydrogen-bond acceptors (Lipinski definition) is 3. The van der Waals surface area contributed by atoms with E-state index in [0.29, 0.717) is 0 Å². The number of halogens is 2. The molecule has 0 spiro atoms. The normalized spacial score (nSPS) is 11.9. The summed E-state index contributed by atoms with van der Waals surface area (Å²) in [5, 5.41) is 19.3. The van der Waals surface area contributed by atoms with Crippen LogP contribution in [0.2, 0.25) is 0 Å². The summed E-state index contributed by atoms with van der Waals surface area (Å²) in [6, 6.07) is 0.918. The topological polar surface area (TPSA) is 86.6 Å². The number of carboxylic acids is 2. The number of carbonyl (C=O) groups is 2. The van der Waals surface area contributed by atoms with Gasteiger partial charge in [0.05, 0.1) is 12.1 Å². The molecule has 0 aromatic heterocycles. The average molecular weight is 245 g/mol. The van der Waals surface area contributed by atoms with Gasteiger partial charge in [0.1, 0.15) is 17.7 Å². The fraction of sp³-hybridized carbons (Fsp3) is 0.200. The maximum atomic E-state index is 13.2. The summed E-state index contributed by atoms with van der Waals surface area (Å²) in [7, 11) is 0. The Morgan fingerprint density at radius 2 is 1.94 bits per heavy atom. The number of anilines is 1. The molecule has 0 aliphatic rings. The number of rotatable bonds is 5. The van der Waals surface area contributed by atoms with Crippen LogP contribution >= 0.6 is 0 Å². The highest BCUT2D eigenvalue weighted by molar-refractivity contribution is 5.83. The van der Waals surface area contributed by atoms with Crippen LogP contribution in [0.1, 0.15) is 6.42 Å². The molecule has 0 saturated carbocycles. The lowest BCUT2D eigenvalue weighted by Crippen LogP contribution is -2.32. The van der Waals surface area contributed by atoms with Gasteiger partial charge in [-0.3, -0.25) is 4.79 Å². The molecule has 1 aromatic carbocycles. The van der Waals surface area contributed by atoms with Gasteiger partial charge in [-0.05, 0) is 18.2 Å². The monoisotopic (exact) mass is 245 g/mol. The summed E-state index contributed by atoms with van der Waals surface area (Å²) in [5.41, 5.74) is -0.390. The van der Waals surface area contributed by atoms with E-state index in [0.717, 1.165) is 18.2 Å². The Morgan fingerprint density at radius 1 is 1.29 bits per heavy atom. The van der Waals surface area contributed by atoms with Gasteiger partial charge in [-0.25, -0.2) is 13.6 Å². The molecule has 0 amide bonds. The summed E-state index contributed by atoms with van der Waals surface area (Å²) in [5.74, 6) is -4.44. The van der Waals surface area contributed by atoms with Crippen molar-refractivity contribution < 1.29 is 28.6 Å². The number of carboxylic acid groups (broad SMARTS) is 2. The molecule has 3 N–H and O–H groups in total. The molecular weight excluding hydrogens is 236 g/mol. The predicted molar refractivity (Wildman–Crippen MR) is 53.7 cm³/mol. The van der Waals surface area contributed by atoms with Gasteiger partial charge >= 0.3 is 11.9 Å². The summed E-state index contributed by atoms with van der Waals surface area (Å²) in [6.07, 6.45) is -0.745. The van der Waals surface area contributed by atoms with Gasteiger partial charge < -0.3 is 15.5 Å². The van der Waals surface area contributed by atoms with Crippen molar-refractivity contribution in [3.8, 4) is 0 Å². The van der Waals surface area contributed by atoms with Crippen LogP contribution < -0.4 is 5.32 Å². The molecule has 92 valence electrons. The first-order valence-electron chi connectivity index (χ1n) is 4.56. The molecule has 17 heavy (non-hydrogen) atoms. The second kappa shape index (κ2) is 5.24. The Labute approximate surface area is 94.7 Å². The minimum atomic E-state index is -1.52. The molecule has 5 nitrogen and oxygen atoms in total. The molecule has 1 aromatic rings. The van der Waals surface area contributed by atoms with Crippen molar-refractivity contribution in [2.45, 2.75) is 12.5 Å². The highest BCUT2D eigenvalue weighted by Crippen LogP contribution is 2.17.